The summed E-state index contributed by atoms with van der Waals surface area (Å²) in [7, 11) is 0. The summed E-state index contributed by atoms with van der Waals surface area (Å²) in [5, 5.41) is 10.3. The molecule has 0 atom stereocenters. The van der Waals surface area contributed by atoms with Gasteiger partial charge in [-0.25, -0.2) is 0 Å². The fraction of sp³-hybridized carbons (Fsp3) is 0.111. The van der Waals surface area contributed by atoms with Gasteiger partial charge >= 0.3 is 0 Å². The zero-order chi connectivity index (χ0) is 16.1. The number of nitrogens with zero attached hydrogens (tertiary/aromatic N) is 1. The molecule has 0 fully saturated rings. The van der Waals surface area contributed by atoms with Crippen molar-refractivity contribution in [3.05, 3.63) is 71.5 Å². The maximum atomic E-state index is 12.0. The zero-order valence-electron chi connectivity index (χ0n) is 12.4. The van der Waals surface area contributed by atoms with Gasteiger partial charge in [-0.1, -0.05) is 35.9 Å². The molecular formula is C18H16ClN3O. The number of anilines is 1. The number of amides is 1. The van der Waals surface area contributed by atoms with Crippen LogP contribution in [0.15, 0.2) is 60.9 Å². The monoisotopic (exact) mass is 325 g/mol. The van der Waals surface area contributed by atoms with Crippen molar-refractivity contribution in [2.45, 2.75) is 12.8 Å². The molecule has 0 spiro atoms. The van der Waals surface area contributed by atoms with Crippen LogP contribution in [-0.2, 0) is 11.2 Å². The lowest BCUT2D eigenvalue weighted by atomic mass is 10.1. The number of carbonyl (C=O) groups is 1. The Morgan fingerprint density at radius 2 is 1.96 bits per heavy atom. The van der Waals surface area contributed by atoms with Crippen molar-refractivity contribution in [2.75, 3.05) is 5.32 Å². The molecule has 1 amide bonds. The maximum absolute atomic E-state index is 12.0. The minimum atomic E-state index is -0.0129. The largest absolute Gasteiger partial charge is 0.326 e. The van der Waals surface area contributed by atoms with Crippen molar-refractivity contribution in [2.24, 2.45) is 0 Å². The Morgan fingerprint density at radius 1 is 1.13 bits per heavy atom. The normalized spacial score (nSPS) is 10.5. The molecule has 0 aliphatic rings. The molecule has 1 aromatic heterocycles. The summed E-state index contributed by atoms with van der Waals surface area (Å²) in [5.41, 5.74) is 3.91. The Labute approximate surface area is 139 Å². The SMILES string of the molecule is O=C(CCc1cccc(Cl)c1)Nc1ccc(-c2cn[nH]c2)cc1. The summed E-state index contributed by atoms with van der Waals surface area (Å²) in [5.74, 6) is -0.0129. The van der Waals surface area contributed by atoms with Crippen LogP contribution >= 0.6 is 11.6 Å². The topological polar surface area (TPSA) is 57.8 Å². The van der Waals surface area contributed by atoms with E-state index in [9.17, 15) is 4.79 Å². The molecule has 23 heavy (non-hydrogen) atoms. The molecule has 0 saturated heterocycles. The summed E-state index contributed by atoms with van der Waals surface area (Å²) >= 11 is 5.94. The average molecular weight is 326 g/mol. The number of rotatable bonds is 5. The van der Waals surface area contributed by atoms with E-state index in [-0.39, 0.29) is 5.91 Å². The second-order valence-electron chi connectivity index (χ2n) is 5.24. The lowest BCUT2D eigenvalue weighted by molar-refractivity contribution is -0.116. The highest BCUT2D eigenvalue weighted by atomic mass is 35.5. The van der Waals surface area contributed by atoms with Crippen LogP contribution in [0.2, 0.25) is 5.02 Å². The van der Waals surface area contributed by atoms with Gasteiger partial charge in [0.25, 0.3) is 0 Å². The van der Waals surface area contributed by atoms with Gasteiger partial charge in [-0.3, -0.25) is 9.89 Å². The minimum Gasteiger partial charge on any atom is -0.326 e. The van der Waals surface area contributed by atoms with Crippen LogP contribution in [0, 0.1) is 0 Å². The minimum absolute atomic E-state index is 0.0129. The number of aryl methyl sites for hydroxylation is 1. The fourth-order valence-corrected chi connectivity index (χ4v) is 2.54. The van der Waals surface area contributed by atoms with Gasteiger partial charge in [0.1, 0.15) is 0 Å². The second kappa shape index (κ2) is 7.11. The first-order chi connectivity index (χ1) is 11.2. The Bertz CT molecular complexity index is 782. The first-order valence-corrected chi connectivity index (χ1v) is 7.72. The third-order valence-corrected chi connectivity index (χ3v) is 3.77. The summed E-state index contributed by atoms with van der Waals surface area (Å²) in [6.45, 7) is 0. The number of halogens is 1. The third-order valence-electron chi connectivity index (χ3n) is 3.53. The van der Waals surface area contributed by atoms with Gasteiger partial charge in [-0.2, -0.15) is 5.10 Å². The predicted molar refractivity (Wildman–Crippen MR) is 92.4 cm³/mol. The van der Waals surface area contributed by atoms with Gasteiger partial charge in [0.15, 0.2) is 0 Å². The zero-order valence-corrected chi connectivity index (χ0v) is 13.2. The van der Waals surface area contributed by atoms with Crippen molar-refractivity contribution in [3.8, 4) is 11.1 Å². The van der Waals surface area contributed by atoms with Crippen LogP contribution < -0.4 is 5.32 Å². The number of benzene rings is 2. The van der Waals surface area contributed by atoms with Gasteiger partial charge in [0.05, 0.1) is 6.20 Å². The summed E-state index contributed by atoms with van der Waals surface area (Å²) in [4.78, 5) is 12.0. The van der Waals surface area contributed by atoms with Crippen LogP contribution in [-0.4, -0.2) is 16.1 Å². The smallest absolute Gasteiger partial charge is 0.224 e. The average Bonchev–Trinajstić information content (AvgIpc) is 3.08. The Hall–Kier alpha value is -2.59. The van der Waals surface area contributed by atoms with E-state index in [1.165, 1.54) is 0 Å². The van der Waals surface area contributed by atoms with E-state index in [0.29, 0.717) is 17.9 Å². The van der Waals surface area contributed by atoms with E-state index in [4.69, 9.17) is 11.6 Å². The van der Waals surface area contributed by atoms with Crippen LogP contribution in [0.25, 0.3) is 11.1 Å². The molecule has 4 nitrogen and oxygen atoms in total. The molecular weight excluding hydrogens is 310 g/mol. The van der Waals surface area contributed by atoms with Gasteiger partial charge in [-0.05, 0) is 41.8 Å². The van der Waals surface area contributed by atoms with Crippen LogP contribution in [0.1, 0.15) is 12.0 Å². The van der Waals surface area contributed by atoms with Gasteiger partial charge in [-0.15, -0.1) is 0 Å². The van der Waals surface area contributed by atoms with Crippen molar-refractivity contribution >= 4 is 23.2 Å². The van der Waals surface area contributed by atoms with Crippen LogP contribution in [0.4, 0.5) is 5.69 Å². The van der Waals surface area contributed by atoms with Crippen molar-refractivity contribution in [1.82, 2.24) is 10.2 Å². The highest BCUT2D eigenvalue weighted by Crippen LogP contribution is 2.20. The summed E-state index contributed by atoms with van der Waals surface area (Å²) < 4.78 is 0. The molecule has 5 heteroatoms. The van der Waals surface area contributed by atoms with Gasteiger partial charge in [0, 0.05) is 28.9 Å². The highest BCUT2D eigenvalue weighted by molar-refractivity contribution is 6.30. The number of H-pyrrole nitrogens is 1. The second-order valence-corrected chi connectivity index (χ2v) is 5.68. The number of nitrogens with one attached hydrogen (secondary N) is 2. The molecule has 2 N–H and O–H groups in total. The number of aromatic amines is 1. The molecule has 3 aromatic rings. The van der Waals surface area contributed by atoms with Gasteiger partial charge in [0.2, 0.25) is 5.91 Å². The van der Waals surface area contributed by atoms with Crippen molar-refractivity contribution in [3.63, 3.8) is 0 Å². The van der Waals surface area contributed by atoms with E-state index in [1.807, 2.05) is 54.7 Å². The first kappa shape index (κ1) is 15.3. The Morgan fingerprint density at radius 3 is 2.65 bits per heavy atom. The van der Waals surface area contributed by atoms with E-state index < -0.39 is 0 Å². The molecule has 116 valence electrons. The van der Waals surface area contributed by atoms with Crippen LogP contribution in [0.3, 0.4) is 0 Å². The number of hydrogen-bond donors (Lipinski definition) is 2. The summed E-state index contributed by atoms with van der Waals surface area (Å²) in [6, 6.07) is 15.3. The molecule has 0 aliphatic carbocycles. The van der Waals surface area contributed by atoms with E-state index in [1.54, 1.807) is 6.20 Å². The molecule has 2 aromatic carbocycles. The molecule has 1 heterocycles. The Kier molecular flexibility index (Phi) is 4.74. The third kappa shape index (κ3) is 4.20. The molecule has 0 aliphatic heterocycles. The predicted octanol–water partition coefficient (Wildman–Crippen LogP) is 4.30. The molecule has 3 rings (SSSR count). The summed E-state index contributed by atoms with van der Waals surface area (Å²) in [6.07, 6.45) is 4.68. The van der Waals surface area contributed by atoms with E-state index in [0.717, 1.165) is 22.4 Å². The quantitative estimate of drug-likeness (QED) is 0.734. The Balaban J connectivity index is 1.55. The molecule has 0 saturated carbocycles. The number of carbonyl (C=O) groups excluding carboxylic acids is 1. The maximum Gasteiger partial charge on any atom is 0.224 e. The highest BCUT2D eigenvalue weighted by Gasteiger charge is 2.05. The standard InChI is InChI=1S/C18H16ClN3O/c19-16-3-1-2-13(10-16)4-9-18(23)22-17-7-5-14(6-8-17)15-11-20-21-12-15/h1-3,5-8,10-12H,4,9H2,(H,20,21)(H,22,23). The van der Waals surface area contributed by atoms with Crippen molar-refractivity contribution in [1.29, 1.82) is 0 Å². The van der Waals surface area contributed by atoms with Crippen molar-refractivity contribution < 1.29 is 4.79 Å². The molecule has 0 unspecified atom stereocenters. The van der Waals surface area contributed by atoms with E-state index >= 15 is 0 Å². The number of aromatic nitrogens is 2. The lowest BCUT2D eigenvalue weighted by Gasteiger charge is -2.06. The lowest BCUT2D eigenvalue weighted by Crippen LogP contribution is -2.12. The molecule has 0 bridgehead atoms. The van der Waals surface area contributed by atoms with Gasteiger partial charge < -0.3 is 5.32 Å². The first-order valence-electron chi connectivity index (χ1n) is 7.34. The van der Waals surface area contributed by atoms with Crippen LogP contribution in [0.5, 0.6) is 0 Å². The van der Waals surface area contributed by atoms with E-state index in [2.05, 4.69) is 15.5 Å². The molecule has 0 radical (unpaired) electrons. The fourth-order valence-electron chi connectivity index (χ4n) is 2.33. The number of hydrogen-bond acceptors (Lipinski definition) is 2.